The van der Waals surface area contributed by atoms with Crippen molar-refractivity contribution >= 4 is 28.3 Å². The number of aromatic nitrogens is 2. The van der Waals surface area contributed by atoms with Gasteiger partial charge in [0, 0.05) is 31.1 Å². The Hall–Kier alpha value is -3.84. The van der Waals surface area contributed by atoms with Gasteiger partial charge in [-0.2, -0.15) is 5.26 Å². The monoisotopic (exact) mass is 478 g/mol. The maximum atomic E-state index is 12.7. The van der Waals surface area contributed by atoms with Crippen LogP contribution in [0.1, 0.15) is 33.7 Å². The van der Waals surface area contributed by atoms with Crippen LogP contribution < -0.4 is 15.4 Å². The molecule has 3 heterocycles. The van der Waals surface area contributed by atoms with Crippen LogP contribution in [0.3, 0.4) is 0 Å². The van der Waals surface area contributed by atoms with Crippen LogP contribution in [0.5, 0.6) is 5.75 Å². The Kier molecular flexibility index (Phi) is 7.13. The maximum Gasteiger partial charge on any atom is 0.318 e. The van der Waals surface area contributed by atoms with Crippen molar-refractivity contribution in [2.24, 2.45) is 7.05 Å². The number of nitriles is 1. The fraction of sp³-hybridized carbons (Fsp3) is 0.333. The Morgan fingerprint density at radius 3 is 2.94 bits per heavy atom. The van der Waals surface area contributed by atoms with E-state index in [0.717, 1.165) is 27.4 Å². The highest BCUT2D eigenvalue weighted by Crippen LogP contribution is 2.36. The number of hydrogen-bond donors (Lipinski definition) is 2. The summed E-state index contributed by atoms with van der Waals surface area (Å²) in [5.41, 5.74) is 3.34. The molecule has 0 aliphatic carbocycles. The minimum atomic E-state index is -0.164. The lowest BCUT2D eigenvalue weighted by Crippen LogP contribution is -2.42. The predicted molar refractivity (Wildman–Crippen MR) is 129 cm³/mol. The number of aryl methyl sites for hydroxylation is 2. The predicted octanol–water partition coefficient (Wildman–Crippen LogP) is 3.20. The van der Waals surface area contributed by atoms with E-state index in [4.69, 9.17) is 4.74 Å². The molecule has 2 aromatic heterocycles. The van der Waals surface area contributed by atoms with Gasteiger partial charge in [0.1, 0.15) is 16.8 Å². The van der Waals surface area contributed by atoms with E-state index in [1.165, 1.54) is 11.3 Å². The fourth-order valence-corrected chi connectivity index (χ4v) is 5.12. The zero-order chi connectivity index (χ0) is 24.1. The molecule has 0 bridgehead atoms. The second-order valence-corrected chi connectivity index (χ2v) is 9.15. The van der Waals surface area contributed by atoms with Gasteiger partial charge in [0.25, 0.3) is 0 Å². The standard InChI is InChI=1S/C24H26N6O3S/c1-29-15-26-12-17(29)13-27-24(32)30-9-8-19-20(11-25)23(34-21(19)14-30)28-22(31)7-6-16-4-3-5-18(10-16)33-2/h3-5,10,12,15H,6-9,13-14H2,1-2H3,(H,27,32)(H,28,31). The van der Waals surface area contributed by atoms with Crippen LogP contribution in [-0.2, 0) is 37.8 Å². The van der Waals surface area contributed by atoms with Crippen LogP contribution in [0, 0.1) is 11.3 Å². The molecule has 1 aliphatic rings. The molecular weight excluding hydrogens is 452 g/mol. The Morgan fingerprint density at radius 2 is 2.21 bits per heavy atom. The molecule has 9 nitrogen and oxygen atoms in total. The number of imidazole rings is 1. The number of carbonyl (C=O) groups excluding carboxylic acids is 2. The van der Waals surface area contributed by atoms with Crippen molar-refractivity contribution in [3.05, 3.63) is 64.1 Å². The quantitative estimate of drug-likeness (QED) is 0.542. The third-order valence-corrected chi connectivity index (χ3v) is 6.95. The van der Waals surface area contributed by atoms with E-state index in [1.54, 1.807) is 24.5 Å². The van der Waals surface area contributed by atoms with E-state index >= 15 is 0 Å². The summed E-state index contributed by atoms with van der Waals surface area (Å²) in [6.07, 6.45) is 4.85. The highest BCUT2D eigenvalue weighted by molar-refractivity contribution is 7.16. The van der Waals surface area contributed by atoms with Gasteiger partial charge in [-0.3, -0.25) is 4.79 Å². The number of nitrogens with zero attached hydrogens (tertiary/aromatic N) is 4. The van der Waals surface area contributed by atoms with Crippen molar-refractivity contribution in [2.45, 2.75) is 32.4 Å². The Morgan fingerprint density at radius 1 is 1.35 bits per heavy atom. The number of methoxy groups -OCH3 is 1. The number of hydrogen-bond acceptors (Lipinski definition) is 6. The number of carbonyl (C=O) groups is 2. The molecule has 3 amide bonds. The van der Waals surface area contributed by atoms with Gasteiger partial charge in [-0.1, -0.05) is 12.1 Å². The zero-order valence-electron chi connectivity index (χ0n) is 19.1. The van der Waals surface area contributed by atoms with Gasteiger partial charge in [-0.25, -0.2) is 9.78 Å². The number of thiophene rings is 1. The first kappa shape index (κ1) is 23.3. The van der Waals surface area contributed by atoms with Crippen molar-refractivity contribution in [1.82, 2.24) is 19.8 Å². The molecule has 2 N–H and O–H groups in total. The van der Waals surface area contributed by atoms with Gasteiger partial charge in [0.05, 0.1) is 37.8 Å². The molecule has 0 unspecified atom stereocenters. The largest absolute Gasteiger partial charge is 0.497 e. The molecule has 0 saturated carbocycles. The third-order valence-electron chi connectivity index (χ3n) is 5.82. The average Bonchev–Trinajstić information content (AvgIpc) is 3.42. The third kappa shape index (κ3) is 5.21. The van der Waals surface area contributed by atoms with Crippen LogP contribution in [0.2, 0.25) is 0 Å². The van der Waals surface area contributed by atoms with E-state index in [-0.39, 0.29) is 11.9 Å². The number of ether oxygens (including phenoxy) is 1. The molecule has 4 rings (SSSR count). The Bertz CT molecular complexity index is 1240. The van der Waals surface area contributed by atoms with Crippen molar-refractivity contribution in [1.29, 1.82) is 5.26 Å². The van der Waals surface area contributed by atoms with Crippen LogP contribution in [0.4, 0.5) is 9.80 Å². The zero-order valence-corrected chi connectivity index (χ0v) is 19.9. The first-order valence-electron chi connectivity index (χ1n) is 10.9. The SMILES string of the molecule is COc1cccc(CCC(=O)Nc2sc3c(c2C#N)CCN(C(=O)NCc2cncn2C)C3)c1. The lowest BCUT2D eigenvalue weighted by Gasteiger charge is -2.27. The smallest absolute Gasteiger partial charge is 0.318 e. The molecule has 1 aromatic carbocycles. The fourth-order valence-electron chi connectivity index (χ4n) is 3.89. The molecule has 0 atom stereocenters. The first-order valence-corrected chi connectivity index (χ1v) is 11.8. The van der Waals surface area contributed by atoms with Gasteiger partial charge >= 0.3 is 6.03 Å². The molecule has 34 heavy (non-hydrogen) atoms. The van der Waals surface area contributed by atoms with Gasteiger partial charge in [0.2, 0.25) is 5.91 Å². The molecule has 0 radical (unpaired) electrons. The van der Waals surface area contributed by atoms with Gasteiger partial charge in [-0.05, 0) is 36.1 Å². The number of urea groups is 1. The van der Waals surface area contributed by atoms with Gasteiger partial charge in [0.15, 0.2) is 0 Å². The summed E-state index contributed by atoms with van der Waals surface area (Å²) in [5.74, 6) is 0.605. The van der Waals surface area contributed by atoms with Gasteiger partial charge in [-0.15, -0.1) is 11.3 Å². The molecule has 0 saturated heterocycles. The van der Waals surface area contributed by atoms with Crippen LogP contribution in [0.25, 0.3) is 0 Å². The second kappa shape index (κ2) is 10.4. The lowest BCUT2D eigenvalue weighted by atomic mass is 10.0. The summed E-state index contributed by atoms with van der Waals surface area (Å²) in [5, 5.41) is 16.1. The first-order chi connectivity index (χ1) is 16.5. The van der Waals surface area contributed by atoms with Crippen molar-refractivity contribution in [3.8, 4) is 11.8 Å². The minimum Gasteiger partial charge on any atom is -0.497 e. The number of fused-ring (bicyclic) bond motifs is 1. The summed E-state index contributed by atoms with van der Waals surface area (Å²) < 4.78 is 7.09. The minimum absolute atomic E-state index is 0.149. The van der Waals surface area contributed by atoms with E-state index in [0.29, 0.717) is 49.5 Å². The van der Waals surface area contributed by atoms with Crippen molar-refractivity contribution in [2.75, 3.05) is 19.0 Å². The molecular formula is C24H26N6O3S. The van der Waals surface area contributed by atoms with E-state index in [1.807, 2.05) is 35.9 Å². The van der Waals surface area contributed by atoms with Crippen LogP contribution in [0.15, 0.2) is 36.8 Å². The van der Waals surface area contributed by atoms with E-state index in [2.05, 4.69) is 21.7 Å². The summed E-state index contributed by atoms with van der Waals surface area (Å²) in [7, 11) is 3.49. The van der Waals surface area contributed by atoms with Crippen molar-refractivity contribution in [3.63, 3.8) is 0 Å². The molecule has 3 aromatic rings. The number of anilines is 1. The number of rotatable bonds is 7. The summed E-state index contributed by atoms with van der Waals surface area (Å²) >= 11 is 1.37. The Labute approximate surface area is 202 Å². The van der Waals surface area contributed by atoms with Gasteiger partial charge < -0.3 is 24.8 Å². The molecule has 0 spiro atoms. The normalized spacial score (nSPS) is 12.6. The molecule has 10 heteroatoms. The number of benzene rings is 1. The highest BCUT2D eigenvalue weighted by atomic mass is 32.1. The van der Waals surface area contributed by atoms with Crippen molar-refractivity contribution < 1.29 is 14.3 Å². The molecule has 176 valence electrons. The molecule has 1 aliphatic heterocycles. The number of amides is 3. The van der Waals surface area contributed by atoms with E-state index < -0.39 is 0 Å². The average molecular weight is 479 g/mol. The topological polar surface area (TPSA) is 112 Å². The maximum absolute atomic E-state index is 12.7. The highest BCUT2D eigenvalue weighted by Gasteiger charge is 2.27. The number of nitrogens with one attached hydrogen (secondary N) is 2. The lowest BCUT2D eigenvalue weighted by molar-refractivity contribution is -0.116. The van der Waals surface area contributed by atoms with Crippen LogP contribution >= 0.6 is 11.3 Å². The van der Waals surface area contributed by atoms with E-state index in [9.17, 15) is 14.9 Å². The summed E-state index contributed by atoms with van der Waals surface area (Å²) in [4.78, 5) is 32.0. The summed E-state index contributed by atoms with van der Waals surface area (Å²) in [6, 6.07) is 9.70. The summed E-state index contributed by atoms with van der Waals surface area (Å²) in [6.45, 7) is 1.31. The molecule has 0 fully saturated rings. The van der Waals surface area contributed by atoms with Crippen LogP contribution in [-0.4, -0.2) is 40.0 Å². The Balaban J connectivity index is 1.37. The second-order valence-electron chi connectivity index (χ2n) is 8.05.